The van der Waals surface area contributed by atoms with Gasteiger partial charge in [-0.1, -0.05) is 17.7 Å². The average molecular weight is 312 g/mol. The Balaban J connectivity index is 1.81. The molecule has 6 heteroatoms. The van der Waals surface area contributed by atoms with Crippen LogP contribution in [0.1, 0.15) is 23.1 Å². The maximum absolute atomic E-state index is 11.7. The van der Waals surface area contributed by atoms with Gasteiger partial charge in [0.05, 0.1) is 13.2 Å². The number of carbonyl (C=O) groups is 2. The fraction of sp³-hybridized carbons (Fsp3) is 0.467. The van der Waals surface area contributed by atoms with Crippen LogP contribution < -0.4 is 5.32 Å². The number of ether oxygens (including phenoxy) is 2. The third-order valence-electron chi connectivity index (χ3n) is 3.61. The second-order valence-electron chi connectivity index (χ2n) is 5.01. The average Bonchev–Trinajstić information content (AvgIpc) is 2.88. The van der Waals surface area contributed by atoms with Crippen LogP contribution in [0.15, 0.2) is 12.1 Å². The number of esters is 1. The highest BCUT2D eigenvalue weighted by molar-refractivity contribution is 6.31. The zero-order valence-corrected chi connectivity index (χ0v) is 12.8. The van der Waals surface area contributed by atoms with Crippen LogP contribution in [0.2, 0.25) is 5.02 Å². The topological polar surface area (TPSA) is 64.6 Å². The molecule has 0 aromatic heterocycles. The van der Waals surface area contributed by atoms with Gasteiger partial charge in [-0.2, -0.15) is 0 Å². The van der Waals surface area contributed by atoms with Gasteiger partial charge in [0.1, 0.15) is 12.6 Å². The van der Waals surface area contributed by atoms with Crippen molar-refractivity contribution in [1.29, 1.82) is 0 Å². The number of nitrogens with one attached hydrogen (secondary N) is 1. The van der Waals surface area contributed by atoms with Gasteiger partial charge in [0.2, 0.25) is 5.91 Å². The van der Waals surface area contributed by atoms with Gasteiger partial charge in [0.15, 0.2) is 0 Å². The van der Waals surface area contributed by atoms with Gasteiger partial charge < -0.3 is 14.8 Å². The molecule has 1 saturated heterocycles. The van der Waals surface area contributed by atoms with Crippen molar-refractivity contribution in [3.63, 3.8) is 0 Å². The summed E-state index contributed by atoms with van der Waals surface area (Å²) >= 11 is 6.07. The summed E-state index contributed by atoms with van der Waals surface area (Å²) in [7, 11) is 0. The van der Waals surface area contributed by atoms with Crippen molar-refractivity contribution in [3.05, 3.63) is 33.8 Å². The van der Waals surface area contributed by atoms with Crippen molar-refractivity contribution in [2.45, 2.75) is 26.9 Å². The molecule has 1 fully saturated rings. The molecule has 1 aromatic rings. The highest BCUT2D eigenvalue weighted by atomic mass is 35.5. The smallest absolute Gasteiger partial charge is 0.318 e. The molecule has 1 aliphatic heterocycles. The fourth-order valence-corrected chi connectivity index (χ4v) is 2.40. The summed E-state index contributed by atoms with van der Waals surface area (Å²) in [6, 6.07) is 3.78. The first-order valence-corrected chi connectivity index (χ1v) is 7.15. The fourth-order valence-electron chi connectivity index (χ4n) is 2.22. The second kappa shape index (κ2) is 6.91. The van der Waals surface area contributed by atoms with Crippen LogP contribution in [0.5, 0.6) is 0 Å². The summed E-state index contributed by atoms with van der Waals surface area (Å²) in [6.07, 6.45) is 0.428. The number of rotatable bonds is 5. The number of aryl methyl sites for hydroxylation is 1. The largest absolute Gasteiger partial charge is 0.465 e. The van der Waals surface area contributed by atoms with Crippen LogP contribution in [-0.4, -0.2) is 25.2 Å². The number of cyclic esters (lactones) is 1. The van der Waals surface area contributed by atoms with Gasteiger partial charge in [0.25, 0.3) is 0 Å². The minimum atomic E-state index is -0.705. The van der Waals surface area contributed by atoms with Gasteiger partial charge in [-0.25, -0.2) is 0 Å². The number of hydrogen-bond acceptors (Lipinski definition) is 4. The van der Waals surface area contributed by atoms with E-state index in [0.29, 0.717) is 24.7 Å². The maximum atomic E-state index is 11.7. The molecule has 21 heavy (non-hydrogen) atoms. The first kappa shape index (κ1) is 15.8. The van der Waals surface area contributed by atoms with Crippen molar-refractivity contribution < 1.29 is 19.1 Å². The molecule has 1 aromatic carbocycles. The Hall–Kier alpha value is -1.59. The molecule has 0 saturated carbocycles. The lowest BCUT2D eigenvalue weighted by molar-refractivity contribution is -0.145. The number of benzene rings is 1. The third-order valence-corrected chi connectivity index (χ3v) is 4.02. The standard InChI is InChI=1S/C15H18ClNO4/c1-9-3-4-13(16)10(2)12(9)7-20-8-17-14(18)11-5-6-21-15(11)19/h3-4,11H,5-8H2,1-2H3,(H,17,18). The Morgan fingerprint density at radius 2 is 2.24 bits per heavy atom. The number of hydrogen-bond donors (Lipinski definition) is 1. The summed E-state index contributed by atoms with van der Waals surface area (Å²) < 4.78 is 10.2. The van der Waals surface area contributed by atoms with Crippen LogP contribution in [0.25, 0.3) is 0 Å². The predicted octanol–water partition coefficient (Wildman–Crippen LogP) is 2.11. The maximum Gasteiger partial charge on any atom is 0.318 e. The lowest BCUT2D eigenvalue weighted by Gasteiger charge is -2.13. The quantitative estimate of drug-likeness (QED) is 0.391. The summed E-state index contributed by atoms with van der Waals surface area (Å²) in [5.41, 5.74) is 3.07. The zero-order chi connectivity index (χ0) is 15.4. The normalized spacial score (nSPS) is 17.7. The number of amides is 1. The Labute approximate surface area is 128 Å². The van der Waals surface area contributed by atoms with E-state index in [9.17, 15) is 9.59 Å². The van der Waals surface area contributed by atoms with Crippen molar-refractivity contribution in [2.24, 2.45) is 5.92 Å². The van der Waals surface area contributed by atoms with Gasteiger partial charge in [-0.15, -0.1) is 0 Å². The minimum Gasteiger partial charge on any atom is -0.465 e. The van der Waals surface area contributed by atoms with Gasteiger partial charge >= 0.3 is 5.97 Å². The molecule has 114 valence electrons. The number of carbonyl (C=O) groups excluding carboxylic acids is 2. The molecule has 1 aliphatic rings. The van der Waals surface area contributed by atoms with E-state index in [2.05, 4.69) is 5.32 Å². The minimum absolute atomic E-state index is 0.0496. The van der Waals surface area contributed by atoms with Crippen LogP contribution in [0.3, 0.4) is 0 Å². The third kappa shape index (κ3) is 3.74. The lowest BCUT2D eigenvalue weighted by atomic mass is 10.0. The van der Waals surface area contributed by atoms with Crippen molar-refractivity contribution >= 4 is 23.5 Å². The molecular weight excluding hydrogens is 294 g/mol. The van der Waals surface area contributed by atoms with E-state index in [1.165, 1.54) is 0 Å². The van der Waals surface area contributed by atoms with Gasteiger partial charge in [-0.3, -0.25) is 9.59 Å². The summed E-state index contributed by atoms with van der Waals surface area (Å²) in [6.45, 7) is 4.62. The molecule has 1 heterocycles. The SMILES string of the molecule is Cc1ccc(Cl)c(C)c1COCNC(=O)C1CCOC1=O. The van der Waals surface area contributed by atoms with Gasteiger partial charge in [0, 0.05) is 11.4 Å². The zero-order valence-electron chi connectivity index (χ0n) is 12.1. The van der Waals surface area contributed by atoms with Crippen LogP contribution in [0.4, 0.5) is 0 Å². The molecule has 0 aliphatic carbocycles. The van der Waals surface area contributed by atoms with E-state index >= 15 is 0 Å². The van der Waals surface area contributed by atoms with Crippen molar-refractivity contribution in [3.8, 4) is 0 Å². The molecule has 5 nitrogen and oxygen atoms in total. The summed E-state index contributed by atoms with van der Waals surface area (Å²) in [4.78, 5) is 23.0. The van der Waals surface area contributed by atoms with Gasteiger partial charge in [-0.05, 0) is 36.6 Å². The molecule has 2 rings (SSSR count). The molecule has 0 spiro atoms. The Morgan fingerprint density at radius 3 is 2.90 bits per heavy atom. The van der Waals surface area contributed by atoms with Crippen LogP contribution in [-0.2, 0) is 25.7 Å². The number of halogens is 1. The summed E-state index contributed by atoms with van der Waals surface area (Å²) in [5.74, 6) is -1.52. The van der Waals surface area contributed by atoms with Crippen LogP contribution >= 0.6 is 11.6 Å². The summed E-state index contributed by atoms with van der Waals surface area (Å²) in [5, 5.41) is 3.28. The Bertz CT molecular complexity index is 559. The molecular formula is C15H18ClNO4. The first-order valence-electron chi connectivity index (χ1n) is 6.77. The molecule has 1 N–H and O–H groups in total. The van der Waals surface area contributed by atoms with E-state index < -0.39 is 11.9 Å². The first-order chi connectivity index (χ1) is 10.0. The molecule has 1 amide bonds. The Morgan fingerprint density at radius 1 is 1.48 bits per heavy atom. The monoisotopic (exact) mass is 311 g/mol. The Kier molecular flexibility index (Phi) is 5.20. The van der Waals surface area contributed by atoms with E-state index in [0.717, 1.165) is 16.7 Å². The highest BCUT2D eigenvalue weighted by Crippen LogP contribution is 2.22. The highest BCUT2D eigenvalue weighted by Gasteiger charge is 2.32. The molecule has 0 bridgehead atoms. The van der Waals surface area contributed by atoms with Crippen LogP contribution in [0, 0.1) is 19.8 Å². The van der Waals surface area contributed by atoms with Crippen molar-refractivity contribution in [2.75, 3.05) is 13.3 Å². The van der Waals surface area contributed by atoms with E-state index in [1.807, 2.05) is 26.0 Å². The van der Waals surface area contributed by atoms with Crippen molar-refractivity contribution in [1.82, 2.24) is 5.32 Å². The second-order valence-corrected chi connectivity index (χ2v) is 5.42. The molecule has 0 radical (unpaired) electrons. The van der Waals surface area contributed by atoms with E-state index in [4.69, 9.17) is 21.1 Å². The van der Waals surface area contributed by atoms with E-state index in [1.54, 1.807) is 0 Å². The molecule has 1 atom stereocenters. The lowest BCUT2D eigenvalue weighted by Crippen LogP contribution is -2.34. The molecule has 1 unspecified atom stereocenters. The predicted molar refractivity (Wildman–Crippen MR) is 77.8 cm³/mol. The van der Waals surface area contributed by atoms with E-state index in [-0.39, 0.29) is 12.6 Å².